The molecular weight excluding hydrogens is 446 g/mol. The third-order valence-electron chi connectivity index (χ3n) is 3.34. The molecule has 0 fully saturated rings. The van der Waals surface area contributed by atoms with Crippen LogP contribution in [0.2, 0.25) is 0 Å². The summed E-state index contributed by atoms with van der Waals surface area (Å²) in [5, 5.41) is 0.234. The topological polar surface area (TPSA) is 68.3 Å². The Hall–Kier alpha value is -1.94. The summed E-state index contributed by atoms with van der Waals surface area (Å²) >= 11 is 2.00. The van der Waals surface area contributed by atoms with E-state index in [4.69, 9.17) is 4.74 Å². The number of nitrogens with one attached hydrogen (secondary N) is 1. The first kappa shape index (κ1) is 16.9. The molecule has 124 valence electrons. The number of sulfonamides is 1. The van der Waals surface area contributed by atoms with Gasteiger partial charge in [0.15, 0.2) is 0 Å². The Morgan fingerprint density at radius 1 is 1.21 bits per heavy atom. The van der Waals surface area contributed by atoms with E-state index in [1.54, 1.807) is 30.3 Å². The molecule has 3 aromatic rings. The molecule has 3 rings (SSSR count). The predicted octanol–water partition coefficient (Wildman–Crippen LogP) is 3.79. The Bertz CT molecular complexity index is 1030. The lowest BCUT2D eigenvalue weighted by Gasteiger charge is -2.11. The summed E-state index contributed by atoms with van der Waals surface area (Å²) in [6.45, 7) is 0. The first-order chi connectivity index (χ1) is 11.4. The summed E-state index contributed by atoms with van der Waals surface area (Å²) in [7, 11) is -2.42. The van der Waals surface area contributed by atoms with Gasteiger partial charge in [-0.15, -0.1) is 0 Å². The second-order valence-corrected chi connectivity index (χ2v) is 7.83. The molecule has 8 heteroatoms. The fraction of sp³-hybridized carbons (Fsp3) is 0.0625. The zero-order valence-corrected chi connectivity index (χ0v) is 15.4. The van der Waals surface area contributed by atoms with E-state index in [2.05, 4.69) is 9.71 Å². The number of ether oxygens (including phenoxy) is 1. The van der Waals surface area contributed by atoms with Crippen LogP contribution in [0.15, 0.2) is 53.6 Å². The van der Waals surface area contributed by atoms with Gasteiger partial charge >= 0.3 is 0 Å². The van der Waals surface area contributed by atoms with Crippen molar-refractivity contribution in [2.75, 3.05) is 11.8 Å². The lowest BCUT2D eigenvalue weighted by atomic mass is 10.2. The average Bonchev–Trinajstić information content (AvgIpc) is 2.54. The number of hydrogen-bond donors (Lipinski definition) is 1. The van der Waals surface area contributed by atoms with Gasteiger partial charge in [-0.1, -0.05) is 6.07 Å². The van der Waals surface area contributed by atoms with Gasteiger partial charge < -0.3 is 4.74 Å². The van der Waals surface area contributed by atoms with Crippen molar-refractivity contribution < 1.29 is 17.5 Å². The first-order valence-electron chi connectivity index (χ1n) is 6.81. The first-order valence-corrected chi connectivity index (χ1v) is 9.37. The fourth-order valence-electron chi connectivity index (χ4n) is 2.27. The van der Waals surface area contributed by atoms with Gasteiger partial charge in [-0.2, -0.15) is 0 Å². The quantitative estimate of drug-likeness (QED) is 0.605. The van der Waals surface area contributed by atoms with Crippen molar-refractivity contribution in [1.82, 2.24) is 4.98 Å². The molecule has 0 radical (unpaired) electrons. The number of halogens is 2. The maximum Gasteiger partial charge on any atom is 0.262 e. The minimum atomic E-state index is -3.91. The zero-order chi connectivity index (χ0) is 17.3. The highest BCUT2D eigenvalue weighted by Gasteiger charge is 2.20. The Kier molecular flexibility index (Phi) is 4.59. The molecule has 2 aromatic carbocycles. The van der Waals surface area contributed by atoms with E-state index < -0.39 is 15.8 Å². The van der Waals surface area contributed by atoms with Crippen molar-refractivity contribution in [3.05, 3.63) is 58.0 Å². The number of anilines is 1. The molecule has 0 amide bonds. The molecule has 0 aliphatic heterocycles. The number of pyridine rings is 1. The summed E-state index contributed by atoms with van der Waals surface area (Å²) in [6.07, 6.45) is 1.48. The van der Waals surface area contributed by atoms with Gasteiger partial charge in [-0.05, 0) is 52.9 Å². The Morgan fingerprint density at radius 2 is 2.00 bits per heavy atom. The van der Waals surface area contributed by atoms with Crippen LogP contribution >= 0.6 is 22.6 Å². The minimum absolute atomic E-state index is 0.0175. The largest absolute Gasteiger partial charge is 0.497 e. The maximum atomic E-state index is 13.9. The third kappa shape index (κ3) is 3.29. The monoisotopic (exact) mass is 458 g/mol. The molecule has 1 N–H and O–H groups in total. The van der Waals surface area contributed by atoms with Gasteiger partial charge in [-0.3, -0.25) is 9.71 Å². The molecule has 0 saturated carbocycles. The van der Waals surface area contributed by atoms with E-state index in [0.29, 0.717) is 15.0 Å². The summed E-state index contributed by atoms with van der Waals surface area (Å²) in [6, 6.07) is 10.5. The number of fused-ring (bicyclic) bond motifs is 1. The van der Waals surface area contributed by atoms with Crippen molar-refractivity contribution in [2.24, 2.45) is 0 Å². The molecule has 0 aliphatic rings. The van der Waals surface area contributed by atoms with Crippen molar-refractivity contribution in [3.8, 4) is 5.75 Å². The van der Waals surface area contributed by atoms with Crippen molar-refractivity contribution in [2.45, 2.75) is 4.90 Å². The van der Waals surface area contributed by atoms with Gasteiger partial charge in [0.1, 0.15) is 17.1 Å². The smallest absolute Gasteiger partial charge is 0.262 e. The average molecular weight is 458 g/mol. The number of aromatic nitrogens is 1. The van der Waals surface area contributed by atoms with E-state index in [-0.39, 0.29) is 15.8 Å². The van der Waals surface area contributed by atoms with Crippen LogP contribution in [0.3, 0.4) is 0 Å². The highest BCUT2D eigenvalue weighted by molar-refractivity contribution is 14.1. The van der Waals surface area contributed by atoms with Crippen LogP contribution in [0.5, 0.6) is 5.75 Å². The van der Waals surface area contributed by atoms with Gasteiger partial charge in [0.05, 0.1) is 17.7 Å². The van der Waals surface area contributed by atoms with Crippen molar-refractivity contribution >= 4 is 49.2 Å². The summed E-state index contributed by atoms with van der Waals surface area (Å²) in [5.74, 6) is -0.0443. The van der Waals surface area contributed by atoms with Crippen molar-refractivity contribution in [1.29, 1.82) is 0 Å². The van der Waals surface area contributed by atoms with E-state index in [1.807, 2.05) is 22.6 Å². The number of hydrogen-bond acceptors (Lipinski definition) is 4. The minimum Gasteiger partial charge on any atom is -0.497 e. The lowest BCUT2D eigenvalue weighted by Crippen LogP contribution is -2.14. The van der Waals surface area contributed by atoms with Crippen LogP contribution in [0.1, 0.15) is 0 Å². The molecule has 0 bridgehead atoms. The van der Waals surface area contributed by atoms with Gasteiger partial charge in [0, 0.05) is 21.2 Å². The molecular formula is C16H12FIN2O3S. The van der Waals surface area contributed by atoms with E-state index in [0.717, 1.165) is 6.07 Å². The molecule has 24 heavy (non-hydrogen) atoms. The molecule has 0 spiro atoms. The number of nitrogens with zero attached hydrogens (tertiary/aromatic N) is 1. The second kappa shape index (κ2) is 6.52. The van der Waals surface area contributed by atoms with Crippen LogP contribution in [0.25, 0.3) is 10.9 Å². The highest BCUT2D eigenvalue weighted by Crippen LogP contribution is 2.28. The second-order valence-electron chi connectivity index (χ2n) is 4.93. The zero-order valence-electron chi connectivity index (χ0n) is 12.5. The molecule has 0 aliphatic carbocycles. The molecule has 0 unspecified atom stereocenters. The molecule has 0 saturated heterocycles. The third-order valence-corrected chi connectivity index (χ3v) is 5.37. The van der Waals surface area contributed by atoms with Crippen LogP contribution in [0, 0.1) is 9.39 Å². The van der Waals surface area contributed by atoms with Crippen LogP contribution in [0.4, 0.5) is 10.1 Å². The number of benzene rings is 2. The van der Waals surface area contributed by atoms with Gasteiger partial charge in [0.2, 0.25) is 0 Å². The summed E-state index contributed by atoms with van der Waals surface area (Å²) < 4.78 is 47.7. The predicted molar refractivity (Wildman–Crippen MR) is 98.2 cm³/mol. The Labute approximate surface area is 152 Å². The SMILES string of the molecule is COc1cccc(NS(=O)(=O)c2ccc(F)c3ncc(I)cc23)c1. The van der Waals surface area contributed by atoms with E-state index in [1.165, 1.54) is 19.4 Å². The standard InChI is InChI=1S/C16H12FIN2O3S/c1-23-12-4-2-3-11(8-12)20-24(21,22)15-6-5-14(17)16-13(15)7-10(18)9-19-16/h2-9,20H,1H3. The molecule has 1 heterocycles. The van der Waals surface area contributed by atoms with Crippen LogP contribution < -0.4 is 9.46 Å². The van der Waals surface area contributed by atoms with Crippen LogP contribution in [-0.4, -0.2) is 20.5 Å². The van der Waals surface area contributed by atoms with Gasteiger partial charge in [-0.25, -0.2) is 12.8 Å². The molecule has 5 nitrogen and oxygen atoms in total. The number of methoxy groups -OCH3 is 1. The summed E-state index contributed by atoms with van der Waals surface area (Å²) in [4.78, 5) is 3.96. The van der Waals surface area contributed by atoms with E-state index in [9.17, 15) is 12.8 Å². The fourth-order valence-corrected chi connectivity index (χ4v) is 3.96. The van der Waals surface area contributed by atoms with Crippen LogP contribution in [-0.2, 0) is 10.0 Å². The van der Waals surface area contributed by atoms with E-state index >= 15 is 0 Å². The molecule has 1 aromatic heterocycles. The Balaban J connectivity index is 2.11. The van der Waals surface area contributed by atoms with Gasteiger partial charge in [0.25, 0.3) is 10.0 Å². The lowest BCUT2D eigenvalue weighted by molar-refractivity contribution is 0.415. The maximum absolute atomic E-state index is 13.9. The summed E-state index contributed by atoms with van der Waals surface area (Å²) in [5.41, 5.74) is 0.370. The van der Waals surface area contributed by atoms with Crippen molar-refractivity contribution in [3.63, 3.8) is 0 Å². The Morgan fingerprint density at radius 3 is 2.75 bits per heavy atom. The number of rotatable bonds is 4. The molecule has 0 atom stereocenters. The normalized spacial score (nSPS) is 11.5. The highest BCUT2D eigenvalue weighted by atomic mass is 127.